The van der Waals surface area contributed by atoms with Crippen molar-refractivity contribution in [1.82, 2.24) is 15.3 Å². The summed E-state index contributed by atoms with van der Waals surface area (Å²) in [6.45, 7) is 6.22. The second-order valence-corrected chi connectivity index (χ2v) is 8.24. The first kappa shape index (κ1) is 18.5. The van der Waals surface area contributed by atoms with Crippen LogP contribution in [0.25, 0.3) is 0 Å². The highest BCUT2D eigenvalue weighted by atomic mass is 32.1. The van der Waals surface area contributed by atoms with Gasteiger partial charge >= 0.3 is 0 Å². The molecule has 0 fully saturated rings. The highest BCUT2D eigenvalue weighted by molar-refractivity contribution is 7.80. The van der Waals surface area contributed by atoms with Gasteiger partial charge in [0.25, 0.3) is 0 Å². The lowest BCUT2D eigenvalue weighted by Crippen LogP contribution is -2.32. The average molecular weight is 374 g/mol. The van der Waals surface area contributed by atoms with E-state index in [9.17, 15) is 0 Å². The van der Waals surface area contributed by atoms with Gasteiger partial charge in [0.1, 0.15) is 0 Å². The lowest BCUT2D eigenvalue weighted by atomic mass is 10.2. The van der Waals surface area contributed by atoms with Crippen molar-refractivity contribution in [3.63, 3.8) is 0 Å². The Morgan fingerprint density at radius 1 is 1.28 bits per heavy atom. The molecular formula is C20H27N3S2. The van der Waals surface area contributed by atoms with Crippen LogP contribution in [0.1, 0.15) is 41.6 Å². The van der Waals surface area contributed by atoms with E-state index in [1.807, 2.05) is 11.3 Å². The van der Waals surface area contributed by atoms with Crippen LogP contribution in [0.2, 0.25) is 0 Å². The molecule has 2 aromatic rings. The molecule has 3 nitrogen and oxygen atoms in total. The summed E-state index contributed by atoms with van der Waals surface area (Å²) in [5.74, 6) is 0. The molecule has 0 amide bonds. The van der Waals surface area contributed by atoms with E-state index >= 15 is 0 Å². The van der Waals surface area contributed by atoms with Gasteiger partial charge in [-0.2, -0.15) is 0 Å². The molecule has 134 valence electrons. The van der Waals surface area contributed by atoms with Crippen LogP contribution >= 0.6 is 24.0 Å². The molecule has 0 aliphatic carbocycles. The van der Waals surface area contributed by atoms with Crippen molar-refractivity contribution in [3.05, 3.63) is 64.0 Å². The average Bonchev–Trinajstić information content (AvgIpc) is 3.16. The van der Waals surface area contributed by atoms with Crippen LogP contribution in [0.5, 0.6) is 0 Å². The number of hydrogen-bond acceptors (Lipinski definition) is 5. The fourth-order valence-corrected chi connectivity index (χ4v) is 4.48. The molecule has 0 saturated carbocycles. The molecule has 0 spiro atoms. The van der Waals surface area contributed by atoms with E-state index in [1.54, 1.807) is 0 Å². The van der Waals surface area contributed by atoms with Gasteiger partial charge in [-0.3, -0.25) is 0 Å². The predicted molar refractivity (Wildman–Crippen MR) is 110 cm³/mol. The molecule has 0 bridgehead atoms. The van der Waals surface area contributed by atoms with E-state index in [0.717, 1.165) is 24.4 Å². The molecule has 3 rings (SSSR count). The van der Waals surface area contributed by atoms with E-state index in [1.165, 1.54) is 15.3 Å². The van der Waals surface area contributed by atoms with Gasteiger partial charge < -0.3 is 10.3 Å². The number of rotatable bonds is 7. The molecule has 0 saturated heterocycles. The Morgan fingerprint density at radius 2 is 2.04 bits per heavy atom. The van der Waals surface area contributed by atoms with Gasteiger partial charge in [-0.1, -0.05) is 37.3 Å². The van der Waals surface area contributed by atoms with E-state index in [0.29, 0.717) is 6.04 Å². The minimum Gasteiger partial charge on any atom is -0.309 e. The van der Waals surface area contributed by atoms with E-state index < -0.39 is 0 Å². The molecule has 2 atom stereocenters. The Labute approximate surface area is 160 Å². The highest BCUT2D eigenvalue weighted by Gasteiger charge is 2.26. The zero-order valence-electron chi connectivity index (χ0n) is 15.1. The van der Waals surface area contributed by atoms with Gasteiger partial charge in [-0.15, -0.1) is 24.0 Å². The summed E-state index contributed by atoms with van der Waals surface area (Å²) in [5, 5.41) is 8.14. The van der Waals surface area contributed by atoms with Crippen LogP contribution in [-0.2, 0) is 13.1 Å². The van der Waals surface area contributed by atoms with Crippen molar-refractivity contribution >= 4 is 24.0 Å². The minimum atomic E-state index is 0.289. The lowest BCUT2D eigenvalue weighted by Gasteiger charge is -2.29. The van der Waals surface area contributed by atoms with Gasteiger partial charge in [0, 0.05) is 40.5 Å². The zero-order chi connectivity index (χ0) is 17.8. The van der Waals surface area contributed by atoms with Gasteiger partial charge in [0.2, 0.25) is 0 Å². The normalized spacial score (nSPS) is 18.9. The SMILES string of the molecule is CCC(C)NCc1sc(C2C=CN(Cc3ccccc3)N2C)cc1S. The molecule has 1 aromatic carbocycles. The van der Waals surface area contributed by atoms with Crippen LogP contribution < -0.4 is 5.32 Å². The molecule has 1 aliphatic heterocycles. The van der Waals surface area contributed by atoms with Gasteiger partial charge in [0.15, 0.2) is 0 Å². The number of hydrazine groups is 1. The summed E-state index contributed by atoms with van der Waals surface area (Å²) in [7, 11) is 2.16. The number of likely N-dealkylation sites (N-methyl/N-ethyl adjacent to an activating group) is 1. The van der Waals surface area contributed by atoms with Crippen LogP contribution in [0.4, 0.5) is 0 Å². The maximum absolute atomic E-state index is 4.69. The summed E-state index contributed by atoms with van der Waals surface area (Å²) in [6.07, 6.45) is 5.60. The van der Waals surface area contributed by atoms with Gasteiger partial charge in [-0.05, 0) is 31.1 Å². The van der Waals surface area contributed by atoms with Gasteiger partial charge in [-0.25, -0.2) is 5.01 Å². The van der Waals surface area contributed by atoms with Crippen molar-refractivity contribution in [3.8, 4) is 0 Å². The zero-order valence-corrected chi connectivity index (χ0v) is 16.9. The van der Waals surface area contributed by atoms with E-state index in [4.69, 9.17) is 0 Å². The van der Waals surface area contributed by atoms with E-state index in [2.05, 4.69) is 97.5 Å². The Morgan fingerprint density at radius 3 is 2.76 bits per heavy atom. The largest absolute Gasteiger partial charge is 0.309 e. The molecule has 1 aromatic heterocycles. The maximum Gasteiger partial charge on any atom is 0.0830 e. The monoisotopic (exact) mass is 373 g/mol. The summed E-state index contributed by atoms with van der Waals surface area (Å²) in [6, 6.07) is 13.6. The standard InChI is InChI=1S/C20H27N3S2/c1-4-15(2)21-13-20-18(24)12-19(25-20)17-10-11-23(22(17)3)14-16-8-6-5-7-9-16/h5-12,15,17,21,24H,4,13-14H2,1-3H3. The minimum absolute atomic E-state index is 0.289. The number of nitrogens with one attached hydrogen (secondary N) is 1. The van der Waals surface area contributed by atoms with Crippen LogP contribution in [0, 0.1) is 0 Å². The number of thiol groups is 1. The molecule has 2 heterocycles. The third-order valence-corrected chi connectivity index (χ3v) is 6.51. The van der Waals surface area contributed by atoms with Crippen molar-refractivity contribution in [2.75, 3.05) is 7.05 Å². The lowest BCUT2D eigenvalue weighted by molar-refractivity contribution is 0.0394. The molecule has 1 aliphatic rings. The Bertz CT molecular complexity index is 711. The van der Waals surface area contributed by atoms with Gasteiger partial charge in [0.05, 0.1) is 12.6 Å². The first-order valence-corrected chi connectivity index (χ1v) is 10.1. The summed E-state index contributed by atoms with van der Waals surface area (Å²) in [5.41, 5.74) is 1.32. The molecule has 1 N–H and O–H groups in total. The van der Waals surface area contributed by atoms with Crippen molar-refractivity contribution in [2.24, 2.45) is 0 Å². The molecule has 5 heteroatoms. The Balaban J connectivity index is 1.66. The third kappa shape index (κ3) is 4.47. The fraction of sp³-hybridized carbons (Fsp3) is 0.400. The van der Waals surface area contributed by atoms with Crippen LogP contribution in [0.3, 0.4) is 0 Å². The number of nitrogens with zero attached hydrogens (tertiary/aromatic N) is 2. The second-order valence-electron chi connectivity index (χ2n) is 6.59. The smallest absolute Gasteiger partial charge is 0.0830 e. The second kappa shape index (κ2) is 8.41. The molecule has 25 heavy (non-hydrogen) atoms. The first-order valence-electron chi connectivity index (χ1n) is 8.85. The molecule has 0 radical (unpaired) electrons. The van der Waals surface area contributed by atoms with Crippen molar-refractivity contribution in [1.29, 1.82) is 0 Å². The van der Waals surface area contributed by atoms with Crippen LogP contribution in [-0.4, -0.2) is 23.1 Å². The topological polar surface area (TPSA) is 18.5 Å². The fourth-order valence-electron chi connectivity index (χ4n) is 2.91. The first-order chi connectivity index (χ1) is 12.1. The van der Waals surface area contributed by atoms with Crippen molar-refractivity contribution < 1.29 is 0 Å². The van der Waals surface area contributed by atoms with Crippen LogP contribution in [0.15, 0.2) is 53.6 Å². The number of thiophene rings is 1. The van der Waals surface area contributed by atoms with Crippen molar-refractivity contribution in [2.45, 2.75) is 50.3 Å². The highest BCUT2D eigenvalue weighted by Crippen LogP contribution is 2.36. The number of benzene rings is 1. The quantitative estimate of drug-likeness (QED) is 0.677. The maximum atomic E-state index is 4.69. The molecular weight excluding hydrogens is 346 g/mol. The third-order valence-electron chi connectivity index (χ3n) is 4.76. The van der Waals surface area contributed by atoms with E-state index in [-0.39, 0.29) is 6.04 Å². The molecule has 2 unspecified atom stereocenters. The number of hydrogen-bond donors (Lipinski definition) is 2. The Kier molecular flexibility index (Phi) is 6.23. The summed E-state index contributed by atoms with van der Waals surface area (Å²) >= 11 is 6.55. The Hall–Kier alpha value is -1.27. The summed E-state index contributed by atoms with van der Waals surface area (Å²) in [4.78, 5) is 3.77. The summed E-state index contributed by atoms with van der Waals surface area (Å²) < 4.78 is 0. The predicted octanol–water partition coefficient (Wildman–Crippen LogP) is 4.84.